The number of fused-ring (bicyclic) bond motifs is 4. The first-order valence-electron chi connectivity index (χ1n) is 13.4. The van der Waals surface area contributed by atoms with Crippen molar-refractivity contribution in [3.05, 3.63) is 52.4 Å². The lowest BCUT2D eigenvalue weighted by Crippen LogP contribution is -2.50. The van der Waals surface area contributed by atoms with Crippen molar-refractivity contribution in [2.75, 3.05) is 68.0 Å². The highest BCUT2D eigenvalue weighted by Crippen LogP contribution is 2.55. The number of hydrogen-bond donors (Lipinski definition) is 1. The molecule has 0 spiro atoms. The van der Waals surface area contributed by atoms with Crippen molar-refractivity contribution < 1.29 is 61.9 Å². The number of methoxy groups -OCH3 is 4. The Bertz CT molecular complexity index is 1370. The molecule has 0 fully saturated rings. The Morgan fingerprint density at radius 1 is 0.886 bits per heavy atom. The van der Waals surface area contributed by atoms with Crippen LogP contribution >= 0.6 is 0 Å². The number of carbonyl (C=O) groups is 4. The molecule has 1 unspecified atom stereocenters. The highest BCUT2D eigenvalue weighted by Gasteiger charge is 2.59. The first kappa shape index (κ1) is 33.9. The smallest absolute Gasteiger partial charge is 0.356 e. The molecule has 1 aromatic carbocycles. The van der Waals surface area contributed by atoms with E-state index in [0.29, 0.717) is 13.2 Å². The molecule has 3 aliphatic rings. The van der Waals surface area contributed by atoms with Gasteiger partial charge >= 0.3 is 23.9 Å². The molecule has 4 rings (SSSR count). The minimum atomic E-state index is -2.43. The molecule has 240 valence electrons. The third kappa shape index (κ3) is 6.49. The van der Waals surface area contributed by atoms with Crippen molar-refractivity contribution in [3.8, 4) is 17.2 Å². The molecule has 3 aliphatic heterocycles. The van der Waals surface area contributed by atoms with Crippen molar-refractivity contribution in [2.24, 2.45) is 5.73 Å². The lowest BCUT2D eigenvalue weighted by Gasteiger charge is -2.44. The second kappa shape index (κ2) is 15.2. The van der Waals surface area contributed by atoms with Gasteiger partial charge in [-0.15, -0.1) is 0 Å². The fourth-order valence-corrected chi connectivity index (χ4v) is 4.82. The van der Waals surface area contributed by atoms with E-state index in [4.69, 9.17) is 48.5 Å². The number of hydrogen-bond acceptors (Lipinski definition) is 15. The maximum Gasteiger partial charge on any atom is 0.356 e. The molecule has 15 nitrogen and oxygen atoms in total. The van der Waals surface area contributed by atoms with Crippen molar-refractivity contribution in [2.45, 2.75) is 19.4 Å². The molecule has 0 saturated carbocycles. The van der Waals surface area contributed by atoms with Crippen LogP contribution in [0.15, 0.2) is 46.8 Å². The number of hydroxylamine groups is 2. The van der Waals surface area contributed by atoms with Gasteiger partial charge in [0.25, 0.3) is 0 Å². The van der Waals surface area contributed by atoms with Gasteiger partial charge in [-0.3, -0.25) is 0 Å². The fourth-order valence-electron chi connectivity index (χ4n) is 4.82. The van der Waals surface area contributed by atoms with Gasteiger partial charge in [0.15, 0.2) is 11.5 Å². The van der Waals surface area contributed by atoms with Gasteiger partial charge in [0.1, 0.15) is 11.1 Å². The highest BCUT2D eigenvalue weighted by atomic mass is 16.7. The van der Waals surface area contributed by atoms with Crippen LogP contribution in [0.2, 0.25) is 0 Å². The molecule has 3 heterocycles. The lowest BCUT2D eigenvalue weighted by molar-refractivity contribution is -0.177. The lowest BCUT2D eigenvalue weighted by atomic mass is 9.74. The molecule has 2 N–H and O–H groups in total. The van der Waals surface area contributed by atoms with Gasteiger partial charge < -0.3 is 48.5 Å². The summed E-state index contributed by atoms with van der Waals surface area (Å²) in [5.41, 5.74) is 1.96. The summed E-state index contributed by atoms with van der Waals surface area (Å²) in [5, 5.41) is 0.941. The van der Waals surface area contributed by atoms with E-state index in [9.17, 15) is 19.2 Å². The van der Waals surface area contributed by atoms with Gasteiger partial charge in [0, 0.05) is 18.7 Å². The van der Waals surface area contributed by atoms with Crippen molar-refractivity contribution in [3.63, 3.8) is 0 Å². The number of ether oxygens (including phenoxy) is 8. The molecule has 0 saturated heterocycles. The van der Waals surface area contributed by atoms with Crippen LogP contribution in [-0.2, 0) is 53.3 Å². The Kier molecular flexibility index (Phi) is 11.7. The summed E-state index contributed by atoms with van der Waals surface area (Å²) >= 11 is 0. The first-order valence-corrected chi connectivity index (χ1v) is 13.4. The zero-order valence-corrected chi connectivity index (χ0v) is 25.4. The summed E-state index contributed by atoms with van der Waals surface area (Å²) in [7, 11) is 5.15. The fraction of sp³-hybridized carbons (Fsp3) is 0.448. The SMILES string of the molecule is CCOC(=O)C1=C(COCCOCCN)N2OC(=O)/C=C/C(=O)OC1(c1ccc(OC)c(OC)c1OC)C(C(=O)OC)=C2C. The predicted octanol–water partition coefficient (Wildman–Crippen LogP) is 1.05. The van der Waals surface area contributed by atoms with Crippen molar-refractivity contribution >= 4 is 23.9 Å². The molecule has 0 radical (unpaired) electrons. The zero-order chi connectivity index (χ0) is 32.4. The summed E-state index contributed by atoms with van der Waals surface area (Å²) in [6, 6.07) is 2.90. The van der Waals surface area contributed by atoms with Crippen molar-refractivity contribution in [1.29, 1.82) is 0 Å². The Morgan fingerprint density at radius 3 is 2.18 bits per heavy atom. The Hall–Kier alpha value is -4.60. The predicted molar refractivity (Wildman–Crippen MR) is 150 cm³/mol. The summed E-state index contributed by atoms with van der Waals surface area (Å²) in [4.78, 5) is 59.4. The summed E-state index contributed by atoms with van der Waals surface area (Å²) in [5.74, 6) is -3.98. The van der Waals surface area contributed by atoms with Crippen LogP contribution in [0, 0.1) is 0 Å². The second-order valence-corrected chi connectivity index (χ2v) is 8.97. The number of rotatable bonds is 14. The van der Waals surface area contributed by atoms with E-state index in [1.165, 1.54) is 40.4 Å². The molecule has 0 aromatic heterocycles. The topological polar surface area (TPSA) is 181 Å². The van der Waals surface area contributed by atoms with Gasteiger partial charge in [-0.2, -0.15) is 5.06 Å². The maximum absolute atomic E-state index is 14.0. The minimum absolute atomic E-state index is 0.0282. The molecule has 15 heteroatoms. The molecule has 1 aromatic rings. The van der Waals surface area contributed by atoms with E-state index >= 15 is 0 Å². The van der Waals surface area contributed by atoms with Crippen LogP contribution in [0.4, 0.5) is 0 Å². The molecular formula is C29H36N2O13. The minimum Gasteiger partial charge on any atom is -0.493 e. The van der Waals surface area contributed by atoms with E-state index in [0.717, 1.165) is 24.3 Å². The number of carbonyl (C=O) groups excluding carboxylic acids is 4. The monoisotopic (exact) mass is 620 g/mol. The van der Waals surface area contributed by atoms with Gasteiger partial charge in [-0.05, 0) is 26.0 Å². The molecule has 1 atom stereocenters. The van der Waals surface area contributed by atoms with E-state index in [1.54, 1.807) is 6.92 Å². The molecular weight excluding hydrogens is 584 g/mol. The van der Waals surface area contributed by atoms with Crippen LogP contribution in [0.25, 0.3) is 0 Å². The van der Waals surface area contributed by atoms with Crippen molar-refractivity contribution in [1.82, 2.24) is 5.06 Å². The Labute approximate surface area is 253 Å². The third-order valence-corrected chi connectivity index (χ3v) is 6.52. The largest absolute Gasteiger partial charge is 0.493 e. The standard InChI is InChI=1S/C29H36N2O13/c1-7-42-28(35)24-19(16-41-15-14-40-13-12-30)31-17(2)23(27(34)39-6)29(24,43-21(32)10-11-22(33)44-31)18-8-9-20(36-3)26(38-5)25(18)37-4/h8-11H,7,12-16,30H2,1-6H3/b11-10+. The van der Waals surface area contributed by atoms with E-state index < -0.39 is 47.2 Å². The number of nitrogens with zero attached hydrogens (tertiary/aromatic N) is 1. The van der Waals surface area contributed by atoms with Gasteiger partial charge in [0.05, 0.1) is 78.4 Å². The number of nitrogens with two attached hydrogens (primary N) is 1. The average Bonchev–Trinajstić information content (AvgIpc) is 3.01. The van der Waals surface area contributed by atoms with Gasteiger partial charge in [-0.1, -0.05) is 0 Å². The normalized spacial score (nSPS) is 18.8. The van der Waals surface area contributed by atoms with Gasteiger partial charge in [-0.25, -0.2) is 19.2 Å². The maximum atomic E-state index is 14.0. The van der Waals surface area contributed by atoms with Crippen LogP contribution in [0.1, 0.15) is 19.4 Å². The summed E-state index contributed by atoms with van der Waals surface area (Å²) in [6.07, 6.45) is 1.62. The van der Waals surface area contributed by atoms with Gasteiger partial charge in [0.2, 0.25) is 11.4 Å². The number of benzene rings is 1. The summed E-state index contributed by atoms with van der Waals surface area (Å²) < 4.78 is 44.5. The Balaban J connectivity index is 2.52. The number of esters is 3. The quantitative estimate of drug-likeness (QED) is 0.177. The van der Waals surface area contributed by atoms with Crippen LogP contribution in [-0.4, -0.2) is 97.0 Å². The van der Waals surface area contributed by atoms with E-state index in [2.05, 4.69) is 0 Å². The molecule has 0 amide bonds. The molecule has 0 aliphatic carbocycles. The molecule has 2 bridgehead atoms. The van der Waals surface area contributed by atoms with Crippen LogP contribution < -0.4 is 19.9 Å². The van der Waals surface area contributed by atoms with E-state index in [1.807, 2.05) is 0 Å². The second-order valence-electron chi connectivity index (χ2n) is 8.97. The zero-order valence-electron chi connectivity index (χ0n) is 25.4. The Morgan fingerprint density at radius 2 is 1.57 bits per heavy atom. The molecule has 44 heavy (non-hydrogen) atoms. The third-order valence-electron chi connectivity index (χ3n) is 6.52. The van der Waals surface area contributed by atoms with Crippen LogP contribution in [0.5, 0.6) is 17.2 Å². The van der Waals surface area contributed by atoms with E-state index in [-0.39, 0.29) is 54.0 Å². The first-order chi connectivity index (χ1) is 21.2. The highest BCUT2D eigenvalue weighted by molar-refractivity contribution is 6.03. The van der Waals surface area contributed by atoms with Crippen LogP contribution in [0.3, 0.4) is 0 Å². The number of allylic oxidation sites excluding steroid dienone is 1. The average molecular weight is 621 g/mol. The summed E-state index contributed by atoms with van der Waals surface area (Å²) in [6.45, 7) is 3.21.